The van der Waals surface area contributed by atoms with Crippen molar-refractivity contribution >= 4 is 10.0 Å². The lowest BCUT2D eigenvalue weighted by atomic mass is 10.1. The van der Waals surface area contributed by atoms with Crippen LogP contribution in [0.4, 0.5) is 0 Å². The van der Waals surface area contributed by atoms with Gasteiger partial charge in [0.05, 0.1) is 5.75 Å². The van der Waals surface area contributed by atoms with Crippen LogP contribution in [0, 0.1) is 0 Å². The highest BCUT2D eigenvalue weighted by Crippen LogP contribution is 2.10. The molecule has 16 heavy (non-hydrogen) atoms. The standard InChI is InChI=1S/C10H23N3O2S/c1-2-13-7-3-4-10(5-8-13)12-6-9-16(11,14)15/h10,12H,2-9H2,1H3,(H2,11,14,15). The fourth-order valence-corrected chi connectivity index (χ4v) is 2.48. The van der Waals surface area contributed by atoms with Gasteiger partial charge in [-0.25, -0.2) is 13.6 Å². The molecule has 0 aromatic carbocycles. The monoisotopic (exact) mass is 249 g/mol. The largest absolute Gasteiger partial charge is 0.313 e. The third-order valence-electron chi connectivity index (χ3n) is 3.09. The first-order valence-electron chi connectivity index (χ1n) is 5.97. The van der Waals surface area contributed by atoms with Gasteiger partial charge in [0.1, 0.15) is 0 Å². The lowest BCUT2D eigenvalue weighted by Crippen LogP contribution is -2.35. The molecule has 0 spiro atoms. The lowest BCUT2D eigenvalue weighted by Gasteiger charge is -2.18. The summed E-state index contributed by atoms with van der Waals surface area (Å²) in [6, 6.07) is 0.443. The summed E-state index contributed by atoms with van der Waals surface area (Å²) in [6.45, 7) is 6.00. The first kappa shape index (κ1) is 13.9. The molecule has 0 aromatic rings. The van der Waals surface area contributed by atoms with Gasteiger partial charge in [-0.3, -0.25) is 0 Å². The van der Waals surface area contributed by atoms with Crippen molar-refractivity contribution < 1.29 is 8.42 Å². The second-order valence-electron chi connectivity index (χ2n) is 4.38. The zero-order valence-electron chi connectivity index (χ0n) is 9.98. The Balaban J connectivity index is 2.22. The number of rotatable bonds is 5. The van der Waals surface area contributed by atoms with Crippen molar-refractivity contribution in [2.24, 2.45) is 5.14 Å². The van der Waals surface area contributed by atoms with Gasteiger partial charge in [0.15, 0.2) is 0 Å². The summed E-state index contributed by atoms with van der Waals surface area (Å²) >= 11 is 0. The normalized spacial score (nSPS) is 24.2. The third kappa shape index (κ3) is 5.79. The topological polar surface area (TPSA) is 75.4 Å². The van der Waals surface area contributed by atoms with E-state index in [0.29, 0.717) is 12.6 Å². The Morgan fingerprint density at radius 2 is 2.12 bits per heavy atom. The molecule has 0 aliphatic carbocycles. The third-order valence-corrected chi connectivity index (χ3v) is 3.86. The van der Waals surface area contributed by atoms with Crippen LogP contribution in [0.25, 0.3) is 0 Å². The maximum atomic E-state index is 10.8. The molecular formula is C10H23N3O2S. The Labute approximate surface area is 98.4 Å². The average molecular weight is 249 g/mol. The van der Waals surface area contributed by atoms with Crippen LogP contribution < -0.4 is 10.5 Å². The van der Waals surface area contributed by atoms with E-state index in [1.165, 1.54) is 6.42 Å². The molecule has 0 radical (unpaired) electrons. The molecule has 1 saturated heterocycles. The Morgan fingerprint density at radius 3 is 2.75 bits per heavy atom. The number of nitrogens with zero attached hydrogens (tertiary/aromatic N) is 1. The second-order valence-corrected chi connectivity index (χ2v) is 6.12. The average Bonchev–Trinajstić information content (AvgIpc) is 2.41. The first-order valence-corrected chi connectivity index (χ1v) is 7.69. The molecule has 5 nitrogen and oxygen atoms in total. The van der Waals surface area contributed by atoms with Gasteiger partial charge in [0.25, 0.3) is 0 Å². The summed E-state index contributed by atoms with van der Waals surface area (Å²) in [4.78, 5) is 2.43. The Kier molecular flexibility index (Phi) is 5.68. The van der Waals surface area contributed by atoms with E-state index in [4.69, 9.17) is 5.14 Å². The van der Waals surface area contributed by atoms with E-state index in [1.54, 1.807) is 0 Å². The second kappa shape index (κ2) is 6.54. The molecule has 1 fully saturated rings. The quantitative estimate of drug-likeness (QED) is 0.704. The van der Waals surface area contributed by atoms with Crippen molar-refractivity contribution in [3.8, 4) is 0 Å². The van der Waals surface area contributed by atoms with Gasteiger partial charge in [0, 0.05) is 12.6 Å². The molecular weight excluding hydrogens is 226 g/mol. The van der Waals surface area contributed by atoms with Gasteiger partial charge in [-0.05, 0) is 38.9 Å². The van der Waals surface area contributed by atoms with E-state index in [-0.39, 0.29) is 5.75 Å². The molecule has 96 valence electrons. The molecule has 1 aliphatic heterocycles. The fourth-order valence-electron chi connectivity index (χ4n) is 2.08. The molecule has 0 saturated carbocycles. The number of likely N-dealkylation sites (tertiary alicyclic amines) is 1. The van der Waals surface area contributed by atoms with Gasteiger partial charge in [-0.1, -0.05) is 6.92 Å². The van der Waals surface area contributed by atoms with Crippen LogP contribution in [-0.2, 0) is 10.0 Å². The number of hydrogen-bond donors (Lipinski definition) is 2. The van der Waals surface area contributed by atoms with Gasteiger partial charge in [0.2, 0.25) is 10.0 Å². The molecule has 1 rings (SSSR count). The van der Waals surface area contributed by atoms with Crippen LogP contribution in [0.1, 0.15) is 26.2 Å². The molecule has 1 heterocycles. The van der Waals surface area contributed by atoms with Gasteiger partial charge in [-0.2, -0.15) is 0 Å². The SMILES string of the molecule is CCN1CCCC(NCCS(N)(=O)=O)CC1. The van der Waals surface area contributed by atoms with Crippen LogP contribution in [0.5, 0.6) is 0 Å². The molecule has 1 aliphatic rings. The summed E-state index contributed by atoms with van der Waals surface area (Å²) < 4.78 is 21.5. The number of nitrogens with two attached hydrogens (primary N) is 1. The molecule has 0 aromatic heterocycles. The van der Waals surface area contributed by atoms with E-state index in [2.05, 4.69) is 17.1 Å². The van der Waals surface area contributed by atoms with Gasteiger partial charge < -0.3 is 10.2 Å². The van der Waals surface area contributed by atoms with Crippen LogP contribution in [0.15, 0.2) is 0 Å². The number of hydrogen-bond acceptors (Lipinski definition) is 4. The minimum Gasteiger partial charge on any atom is -0.313 e. The molecule has 1 atom stereocenters. The van der Waals surface area contributed by atoms with Crippen molar-refractivity contribution in [1.29, 1.82) is 0 Å². The number of primary sulfonamides is 1. The van der Waals surface area contributed by atoms with Crippen molar-refractivity contribution in [3.63, 3.8) is 0 Å². The molecule has 0 bridgehead atoms. The Hall–Kier alpha value is -0.170. The molecule has 1 unspecified atom stereocenters. The highest BCUT2D eigenvalue weighted by atomic mass is 32.2. The summed E-state index contributed by atoms with van der Waals surface area (Å²) in [5, 5.41) is 8.23. The van der Waals surface area contributed by atoms with Crippen LogP contribution in [-0.4, -0.2) is 51.3 Å². The number of sulfonamides is 1. The highest BCUT2D eigenvalue weighted by molar-refractivity contribution is 7.89. The molecule has 0 amide bonds. The van der Waals surface area contributed by atoms with E-state index < -0.39 is 10.0 Å². The maximum absolute atomic E-state index is 10.8. The first-order chi connectivity index (χ1) is 7.51. The number of nitrogens with one attached hydrogen (secondary N) is 1. The molecule has 6 heteroatoms. The minimum atomic E-state index is -3.32. The summed E-state index contributed by atoms with van der Waals surface area (Å²) in [5.74, 6) is 0.0288. The van der Waals surface area contributed by atoms with Crippen LogP contribution in [0.3, 0.4) is 0 Å². The fraction of sp³-hybridized carbons (Fsp3) is 1.00. The van der Waals surface area contributed by atoms with Crippen molar-refractivity contribution in [1.82, 2.24) is 10.2 Å². The minimum absolute atomic E-state index is 0.0288. The van der Waals surface area contributed by atoms with Crippen molar-refractivity contribution in [2.45, 2.75) is 32.2 Å². The lowest BCUT2D eigenvalue weighted by molar-refractivity contribution is 0.297. The molecule has 3 N–H and O–H groups in total. The summed E-state index contributed by atoms with van der Waals surface area (Å²) in [6.07, 6.45) is 3.40. The van der Waals surface area contributed by atoms with Crippen molar-refractivity contribution in [2.75, 3.05) is 31.9 Å². The predicted octanol–water partition coefficient (Wildman–Crippen LogP) is -0.261. The Morgan fingerprint density at radius 1 is 1.38 bits per heavy atom. The zero-order valence-corrected chi connectivity index (χ0v) is 10.8. The highest BCUT2D eigenvalue weighted by Gasteiger charge is 2.15. The van der Waals surface area contributed by atoms with Crippen LogP contribution >= 0.6 is 0 Å². The Bertz CT molecular complexity index is 292. The maximum Gasteiger partial charge on any atom is 0.210 e. The van der Waals surface area contributed by atoms with Gasteiger partial charge >= 0.3 is 0 Å². The van der Waals surface area contributed by atoms with Crippen LogP contribution in [0.2, 0.25) is 0 Å². The van der Waals surface area contributed by atoms with E-state index in [1.807, 2.05) is 0 Å². The summed E-state index contributed by atoms with van der Waals surface area (Å²) in [7, 11) is -3.32. The summed E-state index contributed by atoms with van der Waals surface area (Å²) in [5.41, 5.74) is 0. The van der Waals surface area contributed by atoms with Crippen molar-refractivity contribution in [3.05, 3.63) is 0 Å². The predicted molar refractivity (Wildman–Crippen MR) is 65.7 cm³/mol. The van der Waals surface area contributed by atoms with E-state index in [9.17, 15) is 8.42 Å². The van der Waals surface area contributed by atoms with Gasteiger partial charge in [-0.15, -0.1) is 0 Å². The zero-order chi connectivity index (χ0) is 12.0. The van der Waals surface area contributed by atoms with E-state index in [0.717, 1.165) is 32.5 Å². The smallest absolute Gasteiger partial charge is 0.210 e. The van der Waals surface area contributed by atoms with E-state index >= 15 is 0 Å².